The van der Waals surface area contributed by atoms with Gasteiger partial charge in [-0.05, 0) is 45.8 Å². The maximum absolute atomic E-state index is 8.83. The topological polar surface area (TPSA) is 67.8 Å². The maximum Gasteiger partial charge on any atom is 0.174 e. The number of hydrogen-bond acceptors (Lipinski definition) is 3. The quantitative estimate of drug-likeness (QED) is 0.354. The molecule has 0 spiro atoms. The minimum atomic E-state index is 0.00304. The molecule has 6 heteroatoms. The van der Waals surface area contributed by atoms with Crippen LogP contribution in [0.3, 0.4) is 0 Å². The zero-order valence-electron chi connectivity index (χ0n) is 10.4. The third kappa shape index (κ3) is 3.52. The first-order valence-corrected chi connectivity index (χ1v) is 7.34. The predicted molar refractivity (Wildman–Crippen MR) is 85.1 cm³/mol. The lowest BCUT2D eigenvalue weighted by Gasteiger charge is -2.12. The van der Waals surface area contributed by atoms with E-state index in [4.69, 9.17) is 15.7 Å². The molecule has 4 nitrogen and oxygen atoms in total. The van der Waals surface area contributed by atoms with Crippen LogP contribution in [0.1, 0.15) is 11.1 Å². The van der Waals surface area contributed by atoms with Gasteiger partial charge >= 0.3 is 0 Å². The minimum Gasteiger partial charge on any atom is -0.488 e. The molecule has 0 aliphatic rings. The van der Waals surface area contributed by atoms with Crippen molar-refractivity contribution in [3.8, 4) is 5.75 Å². The van der Waals surface area contributed by atoms with Crippen molar-refractivity contribution in [2.75, 3.05) is 0 Å². The van der Waals surface area contributed by atoms with Crippen molar-refractivity contribution in [3.63, 3.8) is 0 Å². The van der Waals surface area contributed by atoms with Gasteiger partial charge in [-0.15, -0.1) is 0 Å². The van der Waals surface area contributed by atoms with E-state index in [1.807, 2.05) is 30.3 Å². The van der Waals surface area contributed by atoms with E-state index in [1.165, 1.54) is 0 Å². The molecule has 104 valence electrons. The van der Waals surface area contributed by atoms with Gasteiger partial charge in [0.1, 0.15) is 12.4 Å². The van der Waals surface area contributed by atoms with Crippen LogP contribution in [-0.2, 0) is 6.61 Å². The molecule has 0 atom stereocenters. The van der Waals surface area contributed by atoms with Gasteiger partial charge in [0.2, 0.25) is 0 Å². The number of nitrogens with zero attached hydrogens (tertiary/aromatic N) is 1. The molecule has 2 aromatic carbocycles. The second-order valence-electron chi connectivity index (χ2n) is 4.01. The van der Waals surface area contributed by atoms with E-state index in [1.54, 1.807) is 12.1 Å². The van der Waals surface area contributed by atoms with Crippen molar-refractivity contribution >= 4 is 37.7 Å². The Balaban J connectivity index is 2.21. The molecule has 2 aromatic rings. The lowest BCUT2D eigenvalue weighted by Crippen LogP contribution is -2.15. The van der Waals surface area contributed by atoms with E-state index in [0.717, 1.165) is 10.0 Å². The van der Waals surface area contributed by atoms with Gasteiger partial charge in [-0.1, -0.05) is 39.3 Å². The largest absolute Gasteiger partial charge is 0.488 e. The summed E-state index contributed by atoms with van der Waals surface area (Å²) in [5.41, 5.74) is 7.23. The van der Waals surface area contributed by atoms with Crippen molar-refractivity contribution in [2.45, 2.75) is 6.61 Å². The number of halogens is 2. The fraction of sp³-hybridized carbons (Fsp3) is 0.0714. The highest BCUT2D eigenvalue weighted by molar-refractivity contribution is 9.10. The standard InChI is InChI=1S/C14H12Br2N2O2/c15-10-6-4-9(5-7-10)8-20-12-3-1-2-11(16)13(12)14(17)18-19/h1-7,19H,8H2,(H2,17,18). The van der Waals surface area contributed by atoms with E-state index < -0.39 is 0 Å². The van der Waals surface area contributed by atoms with E-state index >= 15 is 0 Å². The van der Waals surface area contributed by atoms with Crippen LogP contribution in [-0.4, -0.2) is 11.0 Å². The van der Waals surface area contributed by atoms with Gasteiger partial charge in [0, 0.05) is 8.95 Å². The van der Waals surface area contributed by atoms with Crippen LogP contribution < -0.4 is 10.5 Å². The molecule has 0 radical (unpaired) electrons. The Kier molecular flexibility index (Phi) is 5.03. The van der Waals surface area contributed by atoms with Crippen LogP contribution in [0.2, 0.25) is 0 Å². The highest BCUT2D eigenvalue weighted by atomic mass is 79.9. The van der Waals surface area contributed by atoms with Crippen molar-refractivity contribution in [1.82, 2.24) is 0 Å². The fourth-order valence-electron chi connectivity index (χ4n) is 1.66. The molecule has 0 saturated carbocycles. The summed E-state index contributed by atoms with van der Waals surface area (Å²) in [6.07, 6.45) is 0. The average Bonchev–Trinajstić information content (AvgIpc) is 2.46. The highest BCUT2D eigenvalue weighted by Crippen LogP contribution is 2.27. The predicted octanol–water partition coefficient (Wildman–Crippen LogP) is 3.89. The summed E-state index contributed by atoms with van der Waals surface area (Å²) < 4.78 is 7.47. The Morgan fingerprint density at radius 1 is 1.15 bits per heavy atom. The fourth-order valence-corrected chi connectivity index (χ4v) is 2.48. The monoisotopic (exact) mass is 398 g/mol. The minimum absolute atomic E-state index is 0.00304. The normalized spacial score (nSPS) is 11.4. The van der Waals surface area contributed by atoms with E-state index in [2.05, 4.69) is 37.0 Å². The van der Waals surface area contributed by atoms with Gasteiger partial charge in [0.05, 0.1) is 5.56 Å². The molecule has 0 unspecified atom stereocenters. The van der Waals surface area contributed by atoms with E-state index in [9.17, 15) is 0 Å². The number of oxime groups is 1. The SMILES string of the molecule is N/C(=N/O)c1c(Br)cccc1OCc1ccc(Br)cc1. The number of amidine groups is 1. The van der Waals surface area contributed by atoms with Gasteiger partial charge in [-0.25, -0.2) is 0 Å². The molecule has 0 bridgehead atoms. The Labute approximate surface area is 133 Å². The number of hydrogen-bond donors (Lipinski definition) is 2. The molecular formula is C14H12Br2N2O2. The average molecular weight is 400 g/mol. The lowest BCUT2D eigenvalue weighted by molar-refractivity contribution is 0.303. The summed E-state index contributed by atoms with van der Waals surface area (Å²) in [6.45, 7) is 0.398. The van der Waals surface area contributed by atoms with Gasteiger partial charge in [-0.3, -0.25) is 0 Å². The van der Waals surface area contributed by atoms with Crippen LogP contribution in [0, 0.1) is 0 Å². The van der Waals surface area contributed by atoms with Gasteiger partial charge in [-0.2, -0.15) is 0 Å². The van der Waals surface area contributed by atoms with Crippen molar-refractivity contribution in [2.24, 2.45) is 10.9 Å². The number of ether oxygens (including phenoxy) is 1. The van der Waals surface area contributed by atoms with Crippen LogP contribution in [0.25, 0.3) is 0 Å². The van der Waals surface area contributed by atoms with Gasteiger partial charge < -0.3 is 15.7 Å². The summed E-state index contributed by atoms with van der Waals surface area (Å²) in [7, 11) is 0. The van der Waals surface area contributed by atoms with Crippen molar-refractivity contribution in [3.05, 3.63) is 62.5 Å². The summed E-state index contributed by atoms with van der Waals surface area (Å²) in [4.78, 5) is 0. The molecule has 0 saturated heterocycles. The Morgan fingerprint density at radius 3 is 2.50 bits per heavy atom. The zero-order chi connectivity index (χ0) is 14.5. The summed E-state index contributed by atoms with van der Waals surface area (Å²) in [5, 5.41) is 11.9. The third-order valence-corrected chi connectivity index (χ3v) is 3.84. The molecule has 0 heterocycles. The first-order valence-electron chi connectivity index (χ1n) is 5.75. The molecule has 0 amide bonds. The van der Waals surface area contributed by atoms with Crippen LogP contribution >= 0.6 is 31.9 Å². The van der Waals surface area contributed by atoms with Crippen molar-refractivity contribution in [1.29, 1.82) is 0 Å². The summed E-state index contributed by atoms with van der Waals surface area (Å²) in [5.74, 6) is 0.556. The molecule has 0 aliphatic carbocycles. The number of benzene rings is 2. The smallest absolute Gasteiger partial charge is 0.174 e. The Hall–Kier alpha value is -1.53. The van der Waals surface area contributed by atoms with Gasteiger partial charge in [0.25, 0.3) is 0 Å². The highest BCUT2D eigenvalue weighted by Gasteiger charge is 2.12. The second-order valence-corrected chi connectivity index (χ2v) is 5.78. The van der Waals surface area contributed by atoms with Crippen LogP contribution in [0.15, 0.2) is 56.6 Å². The molecule has 0 aromatic heterocycles. The van der Waals surface area contributed by atoms with E-state index in [-0.39, 0.29) is 5.84 Å². The van der Waals surface area contributed by atoms with E-state index in [0.29, 0.717) is 22.4 Å². The molecule has 0 aliphatic heterocycles. The molecule has 2 rings (SSSR count). The van der Waals surface area contributed by atoms with Crippen molar-refractivity contribution < 1.29 is 9.94 Å². The molecular weight excluding hydrogens is 388 g/mol. The summed E-state index contributed by atoms with van der Waals surface area (Å²) >= 11 is 6.75. The van der Waals surface area contributed by atoms with Gasteiger partial charge in [0.15, 0.2) is 5.84 Å². The van der Waals surface area contributed by atoms with Crippen LogP contribution in [0.4, 0.5) is 0 Å². The maximum atomic E-state index is 8.83. The molecule has 0 fully saturated rings. The molecule has 3 N–H and O–H groups in total. The zero-order valence-corrected chi connectivity index (χ0v) is 13.6. The Morgan fingerprint density at radius 2 is 1.85 bits per heavy atom. The summed E-state index contributed by atoms with van der Waals surface area (Å²) in [6, 6.07) is 13.2. The number of rotatable bonds is 4. The first kappa shape index (κ1) is 14.9. The second kappa shape index (κ2) is 6.76. The Bertz CT molecular complexity index is 628. The molecule has 20 heavy (non-hydrogen) atoms. The number of nitrogens with two attached hydrogens (primary N) is 1. The van der Waals surface area contributed by atoms with Crippen LogP contribution in [0.5, 0.6) is 5.75 Å². The first-order chi connectivity index (χ1) is 9.61. The third-order valence-electron chi connectivity index (χ3n) is 2.65. The lowest BCUT2D eigenvalue weighted by atomic mass is 10.2.